The highest BCUT2D eigenvalue weighted by molar-refractivity contribution is 8.13. The van der Waals surface area contributed by atoms with Crippen molar-refractivity contribution in [2.24, 2.45) is 0 Å². The predicted octanol–water partition coefficient (Wildman–Crippen LogP) is 3.66. The van der Waals surface area contributed by atoms with Crippen molar-refractivity contribution < 1.29 is 9.59 Å². The van der Waals surface area contributed by atoms with Gasteiger partial charge in [0.15, 0.2) is 11.4 Å². The Morgan fingerprint density at radius 1 is 1.37 bits per heavy atom. The van der Waals surface area contributed by atoms with Gasteiger partial charge in [-0.2, -0.15) is 0 Å². The van der Waals surface area contributed by atoms with Crippen LogP contribution in [0.5, 0.6) is 0 Å². The Balaban J connectivity index is 2.15. The number of aromatic nitrogens is 1. The Labute approximate surface area is 116 Å². The lowest BCUT2D eigenvalue weighted by molar-refractivity contribution is -0.109. The number of allylic oxidation sites excluding steroid dienone is 1. The minimum atomic E-state index is 0.143. The molecule has 1 heterocycles. The van der Waals surface area contributed by atoms with Gasteiger partial charge in [-0.1, -0.05) is 36.0 Å². The van der Waals surface area contributed by atoms with E-state index in [1.165, 1.54) is 11.8 Å². The summed E-state index contributed by atoms with van der Waals surface area (Å²) in [6.07, 6.45) is 7.46. The quantitative estimate of drug-likeness (QED) is 0.668. The van der Waals surface area contributed by atoms with Crippen molar-refractivity contribution in [3.8, 4) is 0 Å². The molecule has 0 saturated heterocycles. The van der Waals surface area contributed by atoms with E-state index >= 15 is 0 Å². The minimum absolute atomic E-state index is 0.143. The normalized spacial score (nSPS) is 11.2. The van der Waals surface area contributed by atoms with Crippen molar-refractivity contribution in [3.05, 3.63) is 41.6 Å². The first-order valence-corrected chi connectivity index (χ1v) is 7.06. The SMILES string of the molecule is CC(=O)SCCC=Cc1cccc2[nH]cc(C=O)c12. The molecule has 0 aliphatic heterocycles. The number of H-pyrrole nitrogens is 1. The molecule has 19 heavy (non-hydrogen) atoms. The molecule has 0 fully saturated rings. The zero-order valence-corrected chi connectivity index (χ0v) is 11.5. The number of aromatic amines is 1. The van der Waals surface area contributed by atoms with Crippen molar-refractivity contribution >= 4 is 40.1 Å². The fraction of sp³-hybridized carbons (Fsp3) is 0.200. The van der Waals surface area contributed by atoms with E-state index < -0.39 is 0 Å². The molecule has 0 unspecified atom stereocenters. The highest BCUT2D eigenvalue weighted by Crippen LogP contribution is 2.22. The van der Waals surface area contributed by atoms with Gasteiger partial charge in [0, 0.05) is 35.3 Å². The molecule has 0 aliphatic carbocycles. The van der Waals surface area contributed by atoms with Crippen LogP contribution in [0, 0.1) is 0 Å². The number of hydrogen-bond acceptors (Lipinski definition) is 3. The molecule has 1 aromatic carbocycles. The maximum atomic E-state index is 11.0. The van der Waals surface area contributed by atoms with Crippen molar-refractivity contribution in [1.82, 2.24) is 4.98 Å². The summed E-state index contributed by atoms with van der Waals surface area (Å²) in [5.74, 6) is 0.787. The van der Waals surface area contributed by atoms with E-state index in [2.05, 4.69) is 4.98 Å². The summed E-state index contributed by atoms with van der Waals surface area (Å²) in [6.45, 7) is 1.57. The van der Waals surface area contributed by atoms with Gasteiger partial charge in [-0.15, -0.1) is 0 Å². The second-order valence-electron chi connectivity index (χ2n) is 4.16. The molecule has 2 aromatic rings. The first kappa shape index (κ1) is 13.6. The van der Waals surface area contributed by atoms with Gasteiger partial charge < -0.3 is 4.98 Å². The van der Waals surface area contributed by atoms with E-state index in [1.54, 1.807) is 13.1 Å². The molecule has 4 heteroatoms. The number of fused-ring (bicyclic) bond motifs is 1. The summed E-state index contributed by atoms with van der Waals surface area (Å²) in [5, 5.41) is 1.09. The van der Waals surface area contributed by atoms with E-state index in [4.69, 9.17) is 0 Å². The number of aldehydes is 1. The van der Waals surface area contributed by atoms with Gasteiger partial charge in [0.25, 0.3) is 0 Å². The largest absolute Gasteiger partial charge is 0.360 e. The minimum Gasteiger partial charge on any atom is -0.360 e. The van der Waals surface area contributed by atoms with Crippen LogP contribution in [0.3, 0.4) is 0 Å². The number of carbonyl (C=O) groups is 2. The molecule has 0 atom stereocenters. The summed E-state index contributed by atoms with van der Waals surface area (Å²) in [7, 11) is 0. The fourth-order valence-corrected chi connectivity index (χ4v) is 2.49. The van der Waals surface area contributed by atoms with E-state index in [9.17, 15) is 9.59 Å². The summed E-state index contributed by atoms with van der Waals surface area (Å²) in [6, 6.07) is 5.89. The smallest absolute Gasteiger partial charge is 0.185 e. The number of carbonyl (C=O) groups excluding carboxylic acids is 2. The second kappa shape index (κ2) is 6.38. The Bertz CT molecular complexity index is 628. The lowest BCUT2D eigenvalue weighted by Gasteiger charge is -1.98. The monoisotopic (exact) mass is 273 g/mol. The van der Waals surface area contributed by atoms with Crippen LogP contribution < -0.4 is 0 Å². The zero-order chi connectivity index (χ0) is 13.7. The average molecular weight is 273 g/mol. The van der Waals surface area contributed by atoms with Crippen LogP contribution in [0.2, 0.25) is 0 Å². The van der Waals surface area contributed by atoms with E-state index in [0.29, 0.717) is 5.56 Å². The van der Waals surface area contributed by atoms with E-state index in [1.807, 2.05) is 30.4 Å². The molecule has 0 amide bonds. The third-order valence-electron chi connectivity index (χ3n) is 2.78. The summed E-state index contributed by atoms with van der Waals surface area (Å²) in [5.41, 5.74) is 2.66. The Morgan fingerprint density at radius 2 is 2.21 bits per heavy atom. The summed E-state index contributed by atoms with van der Waals surface area (Å²) < 4.78 is 0. The van der Waals surface area contributed by atoms with Crippen LogP contribution in [-0.4, -0.2) is 22.1 Å². The summed E-state index contributed by atoms with van der Waals surface area (Å²) >= 11 is 1.33. The van der Waals surface area contributed by atoms with Gasteiger partial charge in [0.1, 0.15) is 0 Å². The second-order valence-corrected chi connectivity index (χ2v) is 5.43. The zero-order valence-electron chi connectivity index (χ0n) is 10.7. The van der Waals surface area contributed by atoms with Crippen molar-refractivity contribution in [1.29, 1.82) is 0 Å². The highest BCUT2D eigenvalue weighted by Gasteiger charge is 2.05. The number of thioether (sulfide) groups is 1. The van der Waals surface area contributed by atoms with Crippen LogP contribution in [0.4, 0.5) is 0 Å². The molecular weight excluding hydrogens is 258 g/mol. The van der Waals surface area contributed by atoms with Crippen molar-refractivity contribution in [2.75, 3.05) is 5.75 Å². The van der Waals surface area contributed by atoms with Gasteiger partial charge >= 0.3 is 0 Å². The molecule has 2 rings (SSSR count). The molecule has 1 aromatic heterocycles. The molecule has 1 N–H and O–H groups in total. The molecule has 0 saturated carbocycles. The Hall–Kier alpha value is -1.81. The topological polar surface area (TPSA) is 49.9 Å². The summed E-state index contributed by atoms with van der Waals surface area (Å²) in [4.78, 5) is 24.9. The van der Waals surface area contributed by atoms with Gasteiger partial charge in [0.2, 0.25) is 0 Å². The highest BCUT2D eigenvalue weighted by atomic mass is 32.2. The fourth-order valence-electron chi connectivity index (χ4n) is 1.95. The molecule has 0 radical (unpaired) electrons. The maximum absolute atomic E-state index is 11.0. The lowest BCUT2D eigenvalue weighted by atomic mass is 10.1. The molecule has 98 valence electrons. The van der Waals surface area contributed by atoms with E-state index in [0.717, 1.165) is 34.9 Å². The third kappa shape index (κ3) is 3.35. The molecule has 0 spiro atoms. The molecule has 0 aliphatic rings. The predicted molar refractivity (Wildman–Crippen MR) is 80.5 cm³/mol. The first-order chi connectivity index (χ1) is 9.22. The average Bonchev–Trinajstić information content (AvgIpc) is 2.82. The van der Waals surface area contributed by atoms with Crippen LogP contribution in [0.15, 0.2) is 30.5 Å². The Morgan fingerprint density at radius 3 is 2.95 bits per heavy atom. The molecular formula is C15H15NO2S. The molecule has 3 nitrogen and oxygen atoms in total. The van der Waals surface area contributed by atoms with Crippen LogP contribution in [0.25, 0.3) is 17.0 Å². The number of rotatable bonds is 5. The van der Waals surface area contributed by atoms with E-state index in [-0.39, 0.29) is 5.12 Å². The van der Waals surface area contributed by atoms with Crippen LogP contribution in [0.1, 0.15) is 29.3 Å². The van der Waals surface area contributed by atoms with Gasteiger partial charge in [-0.25, -0.2) is 0 Å². The maximum Gasteiger partial charge on any atom is 0.185 e. The number of hydrogen-bond donors (Lipinski definition) is 1. The Kier molecular flexibility index (Phi) is 4.58. The van der Waals surface area contributed by atoms with Crippen LogP contribution >= 0.6 is 11.8 Å². The van der Waals surface area contributed by atoms with Crippen LogP contribution in [-0.2, 0) is 4.79 Å². The number of benzene rings is 1. The number of nitrogens with one attached hydrogen (secondary N) is 1. The van der Waals surface area contributed by atoms with Crippen molar-refractivity contribution in [2.45, 2.75) is 13.3 Å². The first-order valence-electron chi connectivity index (χ1n) is 6.07. The van der Waals surface area contributed by atoms with Gasteiger partial charge in [-0.05, 0) is 18.1 Å². The van der Waals surface area contributed by atoms with Crippen molar-refractivity contribution in [3.63, 3.8) is 0 Å². The standard InChI is InChI=1S/C15H15NO2S/c1-11(18)19-8-3-2-5-12-6-4-7-14-15(12)13(10-17)9-16-14/h2,4-7,9-10,16H,3,8H2,1H3. The molecule has 0 bridgehead atoms. The van der Waals surface area contributed by atoms with Gasteiger partial charge in [0.05, 0.1) is 0 Å². The van der Waals surface area contributed by atoms with Gasteiger partial charge in [-0.3, -0.25) is 9.59 Å². The third-order valence-corrected chi connectivity index (χ3v) is 3.63. The lowest BCUT2D eigenvalue weighted by Crippen LogP contribution is -1.84.